The molecule has 0 aliphatic heterocycles. The Morgan fingerprint density at radius 2 is 2.00 bits per heavy atom. The van der Waals surface area contributed by atoms with Crippen molar-refractivity contribution < 1.29 is 4.42 Å². The Bertz CT molecular complexity index is 661. The zero-order chi connectivity index (χ0) is 13.4. The van der Waals surface area contributed by atoms with Gasteiger partial charge >= 0.3 is 0 Å². The lowest BCUT2D eigenvalue weighted by Crippen LogP contribution is -2.27. The van der Waals surface area contributed by atoms with Crippen LogP contribution in [0, 0.1) is 13.8 Å². The molecule has 0 amide bonds. The molecule has 0 fully saturated rings. The first-order chi connectivity index (χ1) is 9.19. The molecule has 19 heavy (non-hydrogen) atoms. The SMILES string of the molecule is Cc1cc(C(NN)c2cc3ccccc3o2)sc1C. The monoisotopic (exact) mass is 272 g/mol. The van der Waals surface area contributed by atoms with Gasteiger partial charge in [-0.15, -0.1) is 11.3 Å². The molecule has 0 aliphatic rings. The molecule has 2 aromatic heterocycles. The predicted molar refractivity (Wildman–Crippen MR) is 79.2 cm³/mol. The van der Waals surface area contributed by atoms with Crippen molar-refractivity contribution in [1.82, 2.24) is 5.43 Å². The van der Waals surface area contributed by atoms with Gasteiger partial charge in [0.1, 0.15) is 17.4 Å². The van der Waals surface area contributed by atoms with Crippen molar-refractivity contribution in [2.45, 2.75) is 19.9 Å². The fourth-order valence-corrected chi connectivity index (χ4v) is 3.30. The summed E-state index contributed by atoms with van der Waals surface area (Å²) in [5.41, 5.74) is 5.03. The highest BCUT2D eigenvalue weighted by Gasteiger charge is 2.19. The molecule has 3 nitrogen and oxygen atoms in total. The Balaban J connectivity index is 2.06. The molecule has 1 unspecified atom stereocenters. The van der Waals surface area contributed by atoms with Crippen LogP contribution < -0.4 is 11.3 Å². The Morgan fingerprint density at radius 3 is 2.63 bits per heavy atom. The van der Waals surface area contributed by atoms with Crippen LogP contribution in [0.25, 0.3) is 11.0 Å². The van der Waals surface area contributed by atoms with E-state index >= 15 is 0 Å². The molecule has 2 heterocycles. The molecule has 1 aromatic carbocycles. The minimum Gasteiger partial charge on any atom is -0.459 e. The molecule has 3 rings (SSSR count). The van der Waals surface area contributed by atoms with E-state index in [0.29, 0.717) is 0 Å². The number of nitrogens with two attached hydrogens (primary N) is 1. The lowest BCUT2D eigenvalue weighted by Gasteiger charge is -2.10. The number of nitrogens with one attached hydrogen (secondary N) is 1. The summed E-state index contributed by atoms with van der Waals surface area (Å²) in [4.78, 5) is 2.49. The van der Waals surface area contributed by atoms with Crippen molar-refractivity contribution in [1.29, 1.82) is 0 Å². The first-order valence-corrected chi connectivity index (χ1v) is 7.02. The average Bonchev–Trinajstić information content (AvgIpc) is 2.95. The van der Waals surface area contributed by atoms with Gasteiger partial charge in [0.15, 0.2) is 0 Å². The molecule has 4 heteroatoms. The Kier molecular flexibility index (Phi) is 3.14. The van der Waals surface area contributed by atoms with Crippen molar-refractivity contribution in [3.05, 3.63) is 57.5 Å². The summed E-state index contributed by atoms with van der Waals surface area (Å²) in [6.07, 6.45) is 0. The summed E-state index contributed by atoms with van der Waals surface area (Å²) in [5.74, 6) is 6.57. The van der Waals surface area contributed by atoms with Gasteiger partial charge in [0, 0.05) is 15.1 Å². The van der Waals surface area contributed by atoms with Gasteiger partial charge in [0.2, 0.25) is 0 Å². The number of hydrogen-bond donors (Lipinski definition) is 2. The van der Waals surface area contributed by atoms with Crippen molar-refractivity contribution in [2.75, 3.05) is 0 Å². The third kappa shape index (κ3) is 2.18. The standard InChI is InChI=1S/C15H16N2OS/c1-9-7-14(19-10(9)2)15(17-16)13-8-11-5-3-4-6-12(11)18-13/h3-8,15,17H,16H2,1-2H3. The number of furan rings is 1. The van der Waals surface area contributed by atoms with Crippen LogP contribution in [0.15, 0.2) is 40.8 Å². The van der Waals surface area contributed by atoms with Gasteiger partial charge in [-0.1, -0.05) is 18.2 Å². The van der Waals surface area contributed by atoms with E-state index in [2.05, 4.69) is 25.3 Å². The predicted octanol–water partition coefficient (Wildman–Crippen LogP) is 3.66. The zero-order valence-corrected chi connectivity index (χ0v) is 11.8. The smallest absolute Gasteiger partial charge is 0.134 e. The first-order valence-electron chi connectivity index (χ1n) is 6.20. The van der Waals surface area contributed by atoms with E-state index in [1.165, 1.54) is 15.3 Å². The normalized spacial score (nSPS) is 13.0. The lowest BCUT2D eigenvalue weighted by molar-refractivity contribution is 0.481. The van der Waals surface area contributed by atoms with Crippen LogP contribution in [-0.2, 0) is 0 Å². The number of benzene rings is 1. The molecular weight excluding hydrogens is 256 g/mol. The molecule has 3 aromatic rings. The highest BCUT2D eigenvalue weighted by molar-refractivity contribution is 7.12. The van der Waals surface area contributed by atoms with Crippen molar-refractivity contribution in [3.8, 4) is 0 Å². The molecule has 0 saturated carbocycles. The highest BCUT2D eigenvalue weighted by atomic mass is 32.1. The van der Waals surface area contributed by atoms with Crippen molar-refractivity contribution >= 4 is 22.3 Å². The zero-order valence-electron chi connectivity index (χ0n) is 10.9. The van der Waals surface area contributed by atoms with Crippen LogP contribution in [0.5, 0.6) is 0 Å². The van der Waals surface area contributed by atoms with Crippen LogP contribution in [0.2, 0.25) is 0 Å². The molecule has 98 valence electrons. The van der Waals surface area contributed by atoms with Crippen LogP contribution in [-0.4, -0.2) is 0 Å². The van der Waals surface area contributed by atoms with Gasteiger partial charge in [-0.2, -0.15) is 0 Å². The number of fused-ring (bicyclic) bond motifs is 1. The van der Waals surface area contributed by atoms with Gasteiger partial charge in [-0.25, -0.2) is 5.43 Å². The fraction of sp³-hybridized carbons (Fsp3) is 0.200. The second kappa shape index (κ2) is 4.81. The molecule has 1 atom stereocenters. The molecule has 3 N–H and O–H groups in total. The number of para-hydroxylation sites is 1. The van der Waals surface area contributed by atoms with Gasteiger partial charge in [-0.3, -0.25) is 5.84 Å². The second-order valence-electron chi connectivity index (χ2n) is 4.67. The molecule has 0 aliphatic carbocycles. The number of rotatable bonds is 3. The lowest BCUT2D eigenvalue weighted by atomic mass is 10.1. The van der Waals surface area contributed by atoms with Crippen LogP contribution in [0.4, 0.5) is 0 Å². The molecule has 0 saturated heterocycles. The van der Waals surface area contributed by atoms with Gasteiger partial charge in [-0.05, 0) is 37.6 Å². The summed E-state index contributed by atoms with van der Waals surface area (Å²) in [5, 5.41) is 1.10. The van der Waals surface area contributed by atoms with E-state index in [9.17, 15) is 0 Å². The average molecular weight is 272 g/mol. The topological polar surface area (TPSA) is 51.2 Å². The minimum absolute atomic E-state index is 0.0928. The quantitative estimate of drug-likeness (QED) is 0.565. The van der Waals surface area contributed by atoms with E-state index < -0.39 is 0 Å². The summed E-state index contributed by atoms with van der Waals surface area (Å²) < 4.78 is 5.89. The van der Waals surface area contributed by atoms with Crippen LogP contribution in [0.1, 0.15) is 27.1 Å². The van der Waals surface area contributed by atoms with E-state index in [1.807, 2.05) is 30.3 Å². The maximum absolute atomic E-state index is 5.89. The summed E-state index contributed by atoms with van der Waals surface area (Å²) >= 11 is 1.75. The van der Waals surface area contributed by atoms with Crippen LogP contribution in [0.3, 0.4) is 0 Å². The second-order valence-corrected chi connectivity index (χ2v) is 5.96. The van der Waals surface area contributed by atoms with Gasteiger partial charge in [0.25, 0.3) is 0 Å². The number of thiophene rings is 1. The third-order valence-electron chi connectivity index (χ3n) is 3.37. The summed E-state index contributed by atoms with van der Waals surface area (Å²) in [6.45, 7) is 4.23. The van der Waals surface area contributed by atoms with E-state index in [-0.39, 0.29) is 6.04 Å². The summed E-state index contributed by atoms with van der Waals surface area (Å²) in [7, 11) is 0. The first kappa shape index (κ1) is 12.4. The number of hydrogen-bond acceptors (Lipinski definition) is 4. The highest BCUT2D eigenvalue weighted by Crippen LogP contribution is 2.33. The molecule has 0 radical (unpaired) electrons. The number of hydrazine groups is 1. The van der Waals surface area contributed by atoms with Crippen LogP contribution >= 0.6 is 11.3 Å². The third-order valence-corrected chi connectivity index (χ3v) is 4.58. The maximum Gasteiger partial charge on any atom is 0.134 e. The van der Waals surface area contributed by atoms with Crippen molar-refractivity contribution in [2.24, 2.45) is 5.84 Å². The Hall–Kier alpha value is -1.62. The van der Waals surface area contributed by atoms with E-state index in [4.69, 9.17) is 10.3 Å². The molecule has 0 spiro atoms. The van der Waals surface area contributed by atoms with Gasteiger partial charge in [0.05, 0.1) is 0 Å². The molecular formula is C15H16N2OS. The number of aryl methyl sites for hydroxylation is 2. The summed E-state index contributed by atoms with van der Waals surface area (Å²) in [6, 6.07) is 12.1. The van der Waals surface area contributed by atoms with E-state index in [1.54, 1.807) is 11.3 Å². The largest absolute Gasteiger partial charge is 0.459 e. The van der Waals surface area contributed by atoms with E-state index in [0.717, 1.165) is 16.7 Å². The Labute approximate surface area is 116 Å². The Morgan fingerprint density at radius 1 is 1.21 bits per heavy atom. The molecule has 0 bridgehead atoms. The van der Waals surface area contributed by atoms with Gasteiger partial charge < -0.3 is 4.42 Å². The minimum atomic E-state index is -0.0928. The van der Waals surface area contributed by atoms with Crippen molar-refractivity contribution in [3.63, 3.8) is 0 Å². The fourth-order valence-electron chi connectivity index (χ4n) is 2.19. The maximum atomic E-state index is 5.89.